The van der Waals surface area contributed by atoms with Crippen molar-refractivity contribution in [3.63, 3.8) is 0 Å². The molecule has 142 valence electrons. The normalized spacial score (nSPS) is 12.5. The second kappa shape index (κ2) is 8.13. The van der Waals surface area contributed by atoms with Crippen LogP contribution < -0.4 is 24.3 Å². The van der Waals surface area contributed by atoms with Crippen LogP contribution in [0, 0.1) is 0 Å². The number of hydrogen-bond donors (Lipinski definition) is 1. The van der Waals surface area contributed by atoms with Gasteiger partial charge >= 0.3 is 6.61 Å². The summed E-state index contributed by atoms with van der Waals surface area (Å²) in [6.07, 6.45) is 2.49. The monoisotopic (exact) mass is 397 g/mol. The van der Waals surface area contributed by atoms with Gasteiger partial charge in [-0.2, -0.15) is 8.78 Å². The lowest BCUT2D eigenvalue weighted by molar-refractivity contribution is -0.111. The molecule has 0 radical (unpaired) electrons. The lowest BCUT2D eigenvalue weighted by atomic mass is 10.1. The quantitative estimate of drug-likeness (QED) is 0.735. The van der Waals surface area contributed by atoms with Gasteiger partial charge in [0, 0.05) is 23.8 Å². The molecule has 0 saturated heterocycles. The zero-order valence-corrected chi connectivity index (χ0v) is 14.8. The van der Waals surface area contributed by atoms with E-state index in [0.717, 1.165) is 6.08 Å². The van der Waals surface area contributed by atoms with E-state index >= 15 is 0 Å². The maximum atomic E-state index is 12.6. The number of alkyl halides is 2. The molecule has 1 aliphatic heterocycles. The summed E-state index contributed by atoms with van der Waals surface area (Å²) < 4.78 is 45.2. The van der Waals surface area contributed by atoms with Crippen molar-refractivity contribution in [2.45, 2.75) is 6.61 Å². The van der Waals surface area contributed by atoms with Crippen molar-refractivity contribution in [3.8, 4) is 23.0 Å². The molecule has 2 aromatic carbocycles. The van der Waals surface area contributed by atoms with Crippen molar-refractivity contribution < 1.29 is 32.5 Å². The minimum Gasteiger partial charge on any atom is -0.493 e. The highest BCUT2D eigenvalue weighted by Crippen LogP contribution is 2.39. The molecule has 0 unspecified atom stereocenters. The Hall–Kier alpha value is -3.00. The first kappa shape index (κ1) is 18.8. The highest BCUT2D eigenvalue weighted by atomic mass is 35.5. The van der Waals surface area contributed by atoms with Crippen LogP contribution in [0.3, 0.4) is 0 Å². The number of para-hydroxylation sites is 1. The van der Waals surface area contributed by atoms with Crippen LogP contribution in [0.1, 0.15) is 5.56 Å². The van der Waals surface area contributed by atoms with E-state index in [1.807, 2.05) is 0 Å². The van der Waals surface area contributed by atoms with E-state index in [9.17, 15) is 13.6 Å². The lowest BCUT2D eigenvalue weighted by Gasteiger charge is -2.12. The fraction of sp³-hybridized carbons (Fsp3) is 0.167. The fourth-order valence-electron chi connectivity index (χ4n) is 2.39. The van der Waals surface area contributed by atoms with Crippen LogP contribution in [0.15, 0.2) is 36.4 Å². The van der Waals surface area contributed by atoms with Gasteiger partial charge in [0.1, 0.15) is 0 Å². The Morgan fingerprint density at radius 1 is 1.30 bits per heavy atom. The van der Waals surface area contributed by atoms with Gasteiger partial charge in [-0.25, -0.2) is 0 Å². The Morgan fingerprint density at radius 2 is 2.04 bits per heavy atom. The number of halogens is 3. The standard InChI is InChI=1S/C18H14ClF2NO5/c1-24-13-4-2-3-10(17(13)27-18(20)21)5-6-16(23)22-12-8-15-14(7-11(12)19)25-9-26-15/h2-8,18H,9H2,1H3,(H,22,23). The molecule has 0 atom stereocenters. The van der Waals surface area contributed by atoms with E-state index in [1.54, 1.807) is 6.07 Å². The van der Waals surface area contributed by atoms with Gasteiger partial charge in [0.2, 0.25) is 12.7 Å². The third-order valence-corrected chi connectivity index (χ3v) is 3.88. The maximum absolute atomic E-state index is 12.6. The number of nitrogens with one attached hydrogen (secondary N) is 1. The van der Waals surface area contributed by atoms with Crippen LogP contribution in [0.25, 0.3) is 6.08 Å². The number of hydrogen-bond acceptors (Lipinski definition) is 5. The first-order valence-electron chi connectivity index (χ1n) is 7.68. The molecule has 1 aliphatic rings. The molecule has 6 nitrogen and oxygen atoms in total. The summed E-state index contributed by atoms with van der Waals surface area (Å²) in [6.45, 7) is -2.96. The summed E-state index contributed by atoms with van der Waals surface area (Å²) in [5, 5.41) is 2.85. The topological polar surface area (TPSA) is 66.0 Å². The number of amides is 1. The van der Waals surface area contributed by atoms with Crippen LogP contribution in [0.4, 0.5) is 14.5 Å². The Morgan fingerprint density at radius 3 is 2.74 bits per heavy atom. The van der Waals surface area contributed by atoms with E-state index < -0.39 is 12.5 Å². The number of carbonyl (C=O) groups excluding carboxylic acids is 1. The molecular formula is C18H14ClF2NO5. The van der Waals surface area contributed by atoms with Gasteiger partial charge in [0.15, 0.2) is 23.0 Å². The first-order valence-corrected chi connectivity index (χ1v) is 8.05. The number of fused-ring (bicyclic) bond motifs is 1. The molecular weight excluding hydrogens is 384 g/mol. The molecule has 1 heterocycles. The smallest absolute Gasteiger partial charge is 0.387 e. The van der Waals surface area contributed by atoms with Gasteiger partial charge in [0.25, 0.3) is 0 Å². The molecule has 0 spiro atoms. The number of methoxy groups -OCH3 is 1. The van der Waals surface area contributed by atoms with Crippen molar-refractivity contribution in [3.05, 3.63) is 47.0 Å². The van der Waals surface area contributed by atoms with Crippen LogP contribution >= 0.6 is 11.6 Å². The molecule has 0 bridgehead atoms. The summed E-state index contributed by atoms with van der Waals surface area (Å²) in [5.74, 6) is 0.372. The number of benzene rings is 2. The van der Waals surface area contributed by atoms with Gasteiger partial charge in [-0.1, -0.05) is 23.7 Å². The number of carbonyl (C=O) groups is 1. The molecule has 0 saturated carbocycles. The second-order valence-electron chi connectivity index (χ2n) is 5.27. The average molecular weight is 398 g/mol. The predicted octanol–water partition coefficient (Wildman–Crippen LogP) is 4.33. The Labute approximate surface area is 158 Å². The van der Waals surface area contributed by atoms with Gasteiger partial charge in [-0.05, 0) is 12.1 Å². The second-order valence-corrected chi connectivity index (χ2v) is 5.67. The molecule has 9 heteroatoms. The molecule has 0 aliphatic carbocycles. The highest BCUT2D eigenvalue weighted by Gasteiger charge is 2.17. The predicted molar refractivity (Wildman–Crippen MR) is 94.9 cm³/mol. The van der Waals surface area contributed by atoms with Crippen LogP contribution in [0.2, 0.25) is 5.02 Å². The molecule has 1 amide bonds. The van der Waals surface area contributed by atoms with Crippen molar-refractivity contribution >= 4 is 29.3 Å². The van der Waals surface area contributed by atoms with Gasteiger partial charge in [-0.3, -0.25) is 4.79 Å². The molecule has 27 heavy (non-hydrogen) atoms. The SMILES string of the molecule is COc1cccc(C=CC(=O)Nc2cc3c(cc2Cl)OCO3)c1OC(F)F. The van der Waals surface area contributed by atoms with Crippen LogP contribution in [-0.4, -0.2) is 26.4 Å². The molecule has 2 aromatic rings. The Bertz CT molecular complexity index is 888. The molecule has 0 fully saturated rings. The van der Waals surface area contributed by atoms with Gasteiger partial charge in [-0.15, -0.1) is 0 Å². The summed E-state index contributed by atoms with van der Waals surface area (Å²) in [4.78, 5) is 12.2. The summed E-state index contributed by atoms with van der Waals surface area (Å²) in [5.41, 5.74) is 0.576. The van der Waals surface area contributed by atoms with Crippen LogP contribution in [-0.2, 0) is 4.79 Å². The highest BCUT2D eigenvalue weighted by molar-refractivity contribution is 6.34. The van der Waals surface area contributed by atoms with E-state index in [2.05, 4.69) is 10.1 Å². The third kappa shape index (κ3) is 4.40. The van der Waals surface area contributed by atoms with Gasteiger partial charge in [0.05, 0.1) is 17.8 Å². The van der Waals surface area contributed by atoms with E-state index in [0.29, 0.717) is 17.2 Å². The zero-order valence-electron chi connectivity index (χ0n) is 14.0. The Balaban J connectivity index is 1.78. The van der Waals surface area contributed by atoms with E-state index in [-0.39, 0.29) is 28.9 Å². The lowest BCUT2D eigenvalue weighted by Crippen LogP contribution is -2.08. The number of rotatable bonds is 6. The minimum absolute atomic E-state index is 0.0751. The van der Waals surface area contributed by atoms with Crippen LogP contribution in [0.5, 0.6) is 23.0 Å². The number of ether oxygens (including phenoxy) is 4. The van der Waals surface area contributed by atoms with E-state index in [1.165, 1.54) is 37.5 Å². The van der Waals surface area contributed by atoms with E-state index in [4.69, 9.17) is 25.8 Å². The van der Waals surface area contributed by atoms with Crippen molar-refractivity contribution in [1.29, 1.82) is 0 Å². The molecule has 0 aromatic heterocycles. The zero-order chi connectivity index (χ0) is 19.4. The molecule has 3 rings (SSSR count). The maximum Gasteiger partial charge on any atom is 0.387 e. The summed E-state index contributed by atoms with van der Waals surface area (Å²) >= 11 is 6.10. The first-order chi connectivity index (χ1) is 13.0. The minimum atomic E-state index is -3.03. The van der Waals surface area contributed by atoms with Crippen molar-refractivity contribution in [2.24, 2.45) is 0 Å². The number of anilines is 1. The van der Waals surface area contributed by atoms with Crippen molar-refractivity contribution in [1.82, 2.24) is 0 Å². The summed E-state index contributed by atoms with van der Waals surface area (Å²) in [7, 11) is 1.33. The summed E-state index contributed by atoms with van der Waals surface area (Å²) in [6, 6.07) is 7.63. The van der Waals surface area contributed by atoms with Crippen molar-refractivity contribution in [2.75, 3.05) is 19.2 Å². The fourth-order valence-corrected chi connectivity index (χ4v) is 2.59. The largest absolute Gasteiger partial charge is 0.493 e. The van der Waals surface area contributed by atoms with Gasteiger partial charge < -0.3 is 24.3 Å². The Kier molecular flexibility index (Phi) is 5.66. The average Bonchev–Trinajstić information content (AvgIpc) is 3.07. The third-order valence-electron chi connectivity index (χ3n) is 3.57. The molecule has 1 N–H and O–H groups in total.